The summed E-state index contributed by atoms with van der Waals surface area (Å²) < 4.78 is 0. The topological polar surface area (TPSA) is 63.3 Å². The molecular formula is C15H15NO2. The Bertz CT molecular complexity index is 520. The summed E-state index contributed by atoms with van der Waals surface area (Å²) in [4.78, 5) is 9.24. The molecule has 0 bridgehead atoms. The zero-order chi connectivity index (χ0) is 13.0. The summed E-state index contributed by atoms with van der Waals surface area (Å²) in [7, 11) is 0. The van der Waals surface area contributed by atoms with Crippen molar-refractivity contribution in [1.29, 1.82) is 0 Å². The van der Waals surface area contributed by atoms with E-state index in [1.54, 1.807) is 0 Å². The van der Waals surface area contributed by atoms with Gasteiger partial charge in [0.15, 0.2) is 0 Å². The molecule has 1 aliphatic rings. The SMILES string of the molecule is NCC(=O)O.c1ccc2c(c1)Cc1ccccc1-2. The third-order valence-corrected chi connectivity index (χ3v) is 2.88. The predicted molar refractivity (Wildman–Crippen MR) is 71.4 cm³/mol. The monoisotopic (exact) mass is 241 g/mol. The van der Waals surface area contributed by atoms with Crippen molar-refractivity contribution in [2.45, 2.75) is 6.42 Å². The van der Waals surface area contributed by atoms with Gasteiger partial charge in [0.05, 0.1) is 6.54 Å². The van der Waals surface area contributed by atoms with Gasteiger partial charge in [-0.15, -0.1) is 0 Å². The number of carboxylic acid groups (broad SMARTS) is 1. The molecule has 3 nitrogen and oxygen atoms in total. The molecule has 1 aliphatic carbocycles. The molecule has 2 aromatic carbocycles. The molecular weight excluding hydrogens is 226 g/mol. The lowest BCUT2D eigenvalue weighted by Gasteiger charge is -1.98. The van der Waals surface area contributed by atoms with Gasteiger partial charge in [-0.2, -0.15) is 0 Å². The van der Waals surface area contributed by atoms with Crippen LogP contribution in [-0.2, 0) is 11.2 Å². The average Bonchev–Trinajstić information content (AvgIpc) is 2.78. The maximum Gasteiger partial charge on any atom is 0.317 e. The zero-order valence-electron chi connectivity index (χ0n) is 9.97. The fourth-order valence-corrected chi connectivity index (χ4v) is 2.08. The van der Waals surface area contributed by atoms with Crippen molar-refractivity contribution in [3.63, 3.8) is 0 Å². The summed E-state index contributed by atoms with van der Waals surface area (Å²) in [6.07, 6.45) is 1.10. The molecule has 2 aromatic rings. The number of carboxylic acids is 1. The van der Waals surface area contributed by atoms with Gasteiger partial charge < -0.3 is 10.8 Å². The van der Waals surface area contributed by atoms with Crippen LogP contribution in [0.3, 0.4) is 0 Å². The Hall–Kier alpha value is -2.13. The minimum Gasteiger partial charge on any atom is -0.480 e. The minimum atomic E-state index is -0.968. The molecule has 3 rings (SSSR count). The molecule has 0 saturated carbocycles. The summed E-state index contributed by atoms with van der Waals surface area (Å²) in [5.41, 5.74) is 10.3. The quantitative estimate of drug-likeness (QED) is 0.687. The van der Waals surface area contributed by atoms with Gasteiger partial charge in [-0.3, -0.25) is 4.79 Å². The highest BCUT2D eigenvalue weighted by Gasteiger charge is 2.15. The minimum absolute atomic E-state index is 0.278. The zero-order valence-corrected chi connectivity index (χ0v) is 9.97. The first-order chi connectivity index (χ1) is 8.72. The lowest BCUT2D eigenvalue weighted by atomic mass is 10.1. The molecule has 0 spiro atoms. The van der Waals surface area contributed by atoms with Gasteiger partial charge in [-0.25, -0.2) is 0 Å². The van der Waals surface area contributed by atoms with Crippen LogP contribution in [-0.4, -0.2) is 17.6 Å². The van der Waals surface area contributed by atoms with Gasteiger partial charge in [-0.05, 0) is 28.7 Å². The summed E-state index contributed by atoms with van der Waals surface area (Å²) >= 11 is 0. The van der Waals surface area contributed by atoms with Gasteiger partial charge in [0.1, 0.15) is 0 Å². The van der Waals surface area contributed by atoms with Crippen LogP contribution < -0.4 is 5.73 Å². The molecule has 3 heteroatoms. The second kappa shape index (κ2) is 5.47. The summed E-state index contributed by atoms with van der Waals surface area (Å²) in [6.45, 7) is -0.278. The first-order valence-electron chi connectivity index (χ1n) is 5.80. The number of rotatable bonds is 1. The number of hydrogen-bond donors (Lipinski definition) is 2. The Morgan fingerprint density at radius 2 is 1.39 bits per heavy atom. The molecule has 18 heavy (non-hydrogen) atoms. The van der Waals surface area contributed by atoms with Crippen LogP contribution in [0.4, 0.5) is 0 Å². The standard InChI is InChI=1S/C13H10.C2H5NO2/c1-3-7-12-10(5-1)9-11-6-2-4-8-13(11)12;3-1-2(4)5/h1-8H,9H2;1,3H2,(H,4,5). The number of benzene rings is 2. The van der Waals surface area contributed by atoms with Crippen LogP contribution in [0.1, 0.15) is 11.1 Å². The van der Waals surface area contributed by atoms with Crippen molar-refractivity contribution in [3.8, 4) is 11.1 Å². The van der Waals surface area contributed by atoms with E-state index in [0.29, 0.717) is 0 Å². The Morgan fingerprint density at radius 1 is 1.00 bits per heavy atom. The fraction of sp³-hybridized carbons (Fsp3) is 0.133. The Morgan fingerprint density at radius 3 is 1.78 bits per heavy atom. The molecule has 0 atom stereocenters. The lowest BCUT2D eigenvalue weighted by Crippen LogP contribution is -2.10. The second-order valence-corrected chi connectivity index (χ2v) is 4.09. The first kappa shape index (κ1) is 12.3. The van der Waals surface area contributed by atoms with Gasteiger partial charge >= 0.3 is 5.97 Å². The molecule has 3 N–H and O–H groups in total. The van der Waals surface area contributed by atoms with E-state index in [1.807, 2.05) is 0 Å². The first-order valence-corrected chi connectivity index (χ1v) is 5.80. The van der Waals surface area contributed by atoms with Crippen molar-refractivity contribution in [1.82, 2.24) is 0 Å². The number of fused-ring (bicyclic) bond motifs is 3. The smallest absolute Gasteiger partial charge is 0.317 e. The molecule has 0 fully saturated rings. The van der Waals surface area contributed by atoms with Crippen LogP contribution in [0.25, 0.3) is 11.1 Å². The van der Waals surface area contributed by atoms with Crippen molar-refractivity contribution in [2.75, 3.05) is 6.54 Å². The van der Waals surface area contributed by atoms with E-state index in [1.165, 1.54) is 22.3 Å². The number of carbonyl (C=O) groups is 1. The molecule has 0 radical (unpaired) electrons. The molecule has 0 aromatic heterocycles. The van der Waals surface area contributed by atoms with Crippen LogP contribution in [0.15, 0.2) is 48.5 Å². The predicted octanol–water partition coefficient (Wildman–Crippen LogP) is 2.29. The third kappa shape index (κ3) is 2.57. The highest BCUT2D eigenvalue weighted by molar-refractivity contribution is 5.76. The van der Waals surface area contributed by atoms with Crippen LogP contribution in [0, 0.1) is 0 Å². The third-order valence-electron chi connectivity index (χ3n) is 2.88. The lowest BCUT2D eigenvalue weighted by molar-refractivity contribution is -0.135. The largest absolute Gasteiger partial charge is 0.480 e. The van der Waals surface area contributed by atoms with Crippen molar-refractivity contribution >= 4 is 5.97 Å². The number of hydrogen-bond acceptors (Lipinski definition) is 2. The molecule has 0 heterocycles. The second-order valence-electron chi connectivity index (χ2n) is 4.09. The van der Waals surface area contributed by atoms with Gasteiger partial charge in [0, 0.05) is 0 Å². The van der Waals surface area contributed by atoms with E-state index in [4.69, 9.17) is 5.11 Å². The van der Waals surface area contributed by atoms with Crippen molar-refractivity contribution < 1.29 is 9.90 Å². The Kier molecular flexibility index (Phi) is 3.75. The van der Waals surface area contributed by atoms with E-state index in [2.05, 4.69) is 54.3 Å². The van der Waals surface area contributed by atoms with Crippen LogP contribution in [0.5, 0.6) is 0 Å². The maximum absolute atomic E-state index is 9.24. The van der Waals surface area contributed by atoms with E-state index >= 15 is 0 Å². The summed E-state index contributed by atoms with van der Waals surface area (Å²) in [5, 5.41) is 7.60. The van der Waals surface area contributed by atoms with Gasteiger partial charge in [0.2, 0.25) is 0 Å². The highest BCUT2D eigenvalue weighted by Crippen LogP contribution is 2.35. The molecule has 0 unspecified atom stereocenters. The Balaban J connectivity index is 0.000000209. The van der Waals surface area contributed by atoms with Crippen molar-refractivity contribution in [2.24, 2.45) is 5.73 Å². The molecule has 0 saturated heterocycles. The number of aliphatic carboxylic acids is 1. The van der Waals surface area contributed by atoms with Crippen LogP contribution >= 0.6 is 0 Å². The number of nitrogens with two attached hydrogens (primary N) is 1. The normalized spacial score (nSPS) is 10.9. The summed E-state index contributed by atoms with van der Waals surface area (Å²) in [5.74, 6) is -0.968. The molecule has 0 aliphatic heterocycles. The summed E-state index contributed by atoms with van der Waals surface area (Å²) in [6, 6.07) is 17.3. The van der Waals surface area contributed by atoms with E-state index in [-0.39, 0.29) is 6.54 Å². The van der Waals surface area contributed by atoms with Crippen LogP contribution in [0.2, 0.25) is 0 Å². The molecule has 0 amide bonds. The molecule has 92 valence electrons. The van der Waals surface area contributed by atoms with E-state index in [9.17, 15) is 4.79 Å². The van der Waals surface area contributed by atoms with E-state index in [0.717, 1.165) is 6.42 Å². The van der Waals surface area contributed by atoms with Gasteiger partial charge in [0.25, 0.3) is 0 Å². The van der Waals surface area contributed by atoms with Gasteiger partial charge in [-0.1, -0.05) is 48.5 Å². The fourth-order valence-electron chi connectivity index (χ4n) is 2.08. The Labute approximate surface area is 106 Å². The average molecular weight is 241 g/mol. The highest BCUT2D eigenvalue weighted by atomic mass is 16.4. The maximum atomic E-state index is 9.24. The van der Waals surface area contributed by atoms with Crippen molar-refractivity contribution in [3.05, 3.63) is 59.7 Å². The van der Waals surface area contributed by atoms with E-state index < -0.39 is 5.97 Å².